The van der Waals surface area contributed by atoms with Gasteiger partial charge in [-0.1, -0.05) is 34.7 Å². The highest BCUT2D eigenvalue weighted by atomic mass is 127. The minimum Gasteiger partial charge on any atom is -0.494 e. The van der Waals surface area contributed by atoms with E-state index in [9.17, 15) is 0 Å². The Kier molecular flexibility index (Phi) is 7.17. The van der Waals surface area contributed by atoms with Crippen molar-refractivity contribution in [1.29, 1.82) is 0 Å². The van der Waals surface area contributed by atoms with Gasteiger partial charge in [0.25, 0.3) is 0 Å². The van der Waals surface area contributed by atoms with Crippen molar-refractivity contribution in [1.82, 2.24) is 0 Å². The maximum Gasteiger partial charge on any atom is 0.122 e. The second kappa shape index (κ2) is 8.93. The Labute approximate surface area is 166 Å². The third-order valence-corrected chi connectivity index (χ3v) is 5.51. The second-order valence-corrected chi connectivity index (χ2v) is 7.40. The Bertz CT molecular complexity index is 676. The van der Waals surface area contributed by atoms with Gasteiger partial charge in [-0.3, -0.25) is 0 Å². The topological polar surface area (TPSA) is 18.5 Å². The summed E-state index contributed by atoms with van der Waals surface area (Å²) in [7, 11) is 0. The van der Waals surface area contributed by atoms with Crippen LogP contribution in [0.3, 0.4) is 0 Å². The first-order valence-electron chi connectivity index (χ1n) is 8.96. The lowest BCUT2D eigenvalue weighted by Gasteiger charge is -2.23. The Morgan fingerprint density at radius 1 is 0.720 bits per heavy atom. The molecule has 0 atom stereocenters. The van der Waals surface area contributed by atoms with E-state index in [0.717, 1.165) is 15.9 Å². The van der Waals surface area contributed by atoms with Gasteiger partial charge in [-0.15, -0.1) is 0 Å². The molecule has 0 bridgehead atoms. The average molecular weight is 452 g/mol. The summed E-state index contributed by atoms with van der Waals surface area (Å²) in [5.74, 6) is 2.37. The fourth-order valence-electron chi connectivity index (χ4n) is 3.33. The van der Waals surface area contributed by atoms with Gasteiger partial charge >= 0.3 is 0 Å². The SMILES string of the molecule is CCOc1cc(C)c(C(CI)c2cc(C)c(OCC)cc2C)cc1C. The zero-order valence-corrected chi connectivity index (χ0v) is 18.4. The molecule has 25 heavy (non-hydrogen) atoms. The van der Waals surface area contributed by atoms with Gasteiger partial charge < -0.3 is 9.47 Å². The standard InChI is InChI=1S/C22H29IO2/c1-7-24-21-11-14(3)18(9-16(21)5)20(13-23)19-10-17(6)22(25-8-2)12-15(19)4/h9-12,20H,7-8,13H2,1-6H3. The van der Waals surface area contributed by atoms with Crippen LogP contribution in [0.4, 0.5) is 0 Å². The van der Waals surface area contributed by atoms with E-state index in [1.807, 2.05) is 13.8 Å². The van der Waals surface area contributed by atoms with E-state index in [0.29, 0.717) is 19.1 Å². The van der Waals surface area contributed by atoms with Gasteiger partial charge in [-0.25, -0.2) is 0 Å². The summed E-state index contributed by atoms with van der Waals surface area (Å²) in [6, 6.07) is 8.97. The summed E-state index contributed by atoms with van der Waals surface area (Å²) in [6.45, 7) is 14.1. The van der Waals surface area contributed by atoms with Crippen molar-refractivity contribution < 1.29 is 9.47 Å². The molecule has 0 N–H and O–H groups in total. The predicted octanol–water partition coefficient (Wildman–Crippen LogP) is 6.28. The minimum absolute atomic E-state index is 0.379. The van der Waals surface area contributed by atoms with Crippen LogP contribution < -0.4 is 9.47 Å². The minimum atomic E-state index is 0.379. The zero-order valence-electron chi connectivity index (χ0n) is 16.2. The number of hydrogen-bond acceptors (Lipinski definition) is 2. The Hall–Kier alpha value is -1.23. The summed E-state index contributed by atoms with van der Waals surface area (Å²) in [5.41, 5.74) is 7.78. The molecule has 2 aromatic carbocycles. The third-order valence-electron chi connectivity index (χ3n) is 4.63. The lowest BCUT2D eigenvalue weighted by atomic mass is 9.85. The van der Waals surface area contributed by atoms with Gasteiger partial charge in [-0.05, 0) is 87.1 Å². The summed E-state index contributed by atoms with van der Waals surface area (Å²) in [4.78, 5) is 0. The lowest BCUT2D eigenvalue weighted by Crippen LogP contribution is -2.09. The normalized spacial score (nSPS) is 11.0. The molecule has 0 aromatic heterocycles. The fourth-order valence-corrected chi connectivity index (χ4v) is 4.28. The number of hydrogen-bond donors (Lipinski definition) is 0. The van der Waals surface area contributed by atoms with E-state index in [2.05, 4.69) is 74.6 Å². The van der Waals surface area contributed by atoms with E-state index < -0.39 is 0 Å². The highest BCUT2D eigenvalue weighted by molar-refractivity contribution is 14.1. The maximum absolute atomic E-state index is 5.76. The quantitative estimate of drug-likeness (QED) is 0.364. The number of benzene rings is 2. The Morgan fingerprint density at radius 2 is 1.12 bits per heavy atom. The van der Waals surface area contributed by atoms with E-state index >= 15 is 0 Å². The Morgan fingerprint density at radius 3 is 1.44 bits per heavy atom. The predicted molar refractivity (Wildman–Crippen MR) is 115 cm³/mol. The van der Waals surface area contributed by atoms with Crippen LogP contribution in [0.1, 0.15) is 53.1 Å². The molecule has 2 nitrogen and oxygen atoms in total. The third kappa shape index (κ3) is 4.49. The molecule has 3 heteroatoms. The highest BCUT2D eigenvalue weighted by Gasteiger charge is 2.20. The average Bonchev–Trinajstić information content (AvgIpc) is 2.57. The molecule has 0 aliphatic heterocycles. The molecule has 0 saturated carbocycles. The van der Waals surface area contributed by atoms with E-state index in [-0.39, 0.29) is 0 Å². The van der Waals surface area contributed by atoms with Crippen molar-refractivity contribution in [2.75, 3.05) is 17.6 Å². The van der Waals surface area contributed by atoms with Crippen LogP contribution in [0.2, 0.25) is 0 Å². The van der Waals surface area contributed by atoms with E-state index in [1.165, 1.54) is 33.4 Å². The number of ether oxygens (including phenoxy) is 2. The van der Waals surface area contributed by atoms with Crippen molar-refractivity contribution in [3.05, 3.63) is 57.6 Å². The molecule has 0 amide bonds. The van der Waals surface area contributed by atoms with Crippen LogP contribution in [0.5, 0.6) is 11.5 Å². The van der Waals surface area contributed by atoms with Crippen LogP contribution in [-0.2, 0) is 0 Å². The highest BCUT2D eigenvalue weighted by Crippen LogP contribution is 2.36. The van der Waals surface area contributed by atoms with Crippen molar-refractivity contribution in [3.63, 3.8) is 0 Å². The largest absolute Gasteiger partial charge is 0.494 e. The zero-order chi connectivity index (χ0) is 18.6. The molecule has 0 saturated heterocycles. The second-order valence-electron chi connectivity index (χ2n) is 6.52. The van der Waals surface area contributed by atoms with Crippen LogP contribution in [0.15, 0.2) is 24.3 Å². The van der Waals surface area contributed by atoms with Gasteiger partial charge in [0, 0.05) is 10.3 Å². The molecular formula is C22H29IO2. The molecule has 2 aromatic rings. The summed E-state index contributed by atoms with van der Waals surface area (Å²) in [5, 5.41) is 0. The van der Waals surface area contributed by atoms with Crippen LogP contribution in [0.25, 0.3) is 0 Å². The molecule has 0 heterocycles. The lowest BCUT2D eigenvalue weighted by molar-refractivity contribution is 0.337. The molecule has 0 aliphatic carbocycles. The van der Waals surface area contributed by atoms with E-state index in [1.54, 1.807) is 0 Å². The van der Waals surface area contributed by atoms with Gasteiger partial charge in [0.05, 0.1) is 13.2 Å². The number of alkyl halides is 1. The van der Waals surface area contributed by atoms with Crippen LogP contribution >= 0.6 is 22.6 Å². The first kappa shape index (κ1) is 20.1. The van der Waals surface area contributed by atoms with Crippen LogP contribution in [-0.4, -0.2) is 17.6 Å². The van der Waals surface area contributed by atoms with Gasteiger partial charge in [0.1, 0.15) is 11.5 Å². The summed E-state index contributed by atoms with van der Waals surface area (Å²) >= 11 is 2.50. The first-order valence-corrected chi connectivity index (χ1v) is 10.5. The van der Waals surface area contributed by atoms with Crippen molar-refractivity contribution in [2.24, 2.45) is 0 Å². The number of aryl methyl sites for hydroxylation is 4. The van der Waals surface area contributed by atoms with Gasteiger partial charge in [-0.2, -0.15) is 0 Å². The maximum atomic E-state index is 5.76. The monoisotopic (exact) mass is 452 g/mol. The smallest absolute Gasteiger partial charge is 0.122 e. The molecule has 136 valence electrons. The number of rotatable bonds is 7. The molecule has 0 fully saturated rings. The van der Waals surface area contributed by atoms with Crippen molar-refractivity contribution >= 4 is 22.6 Å². The summed E-state index contributed by atoms with van der Waals surface area (Å²) in [6.07, 6.45) is 0. The van der Waals surface area contributed by atoms with Gasteiger partial charge in [0.15, 0.2) is 0 Å². The van der Waals surface area contributed by atoms with Crippen LogP contribution in [0, 0.1) is 27.7 Å². The first-order chi connectivity index (χ1) is 11.9. The molecule has 2 rings (SSSR count). The molecule has 0 spiro atoms. The van der Waals surface area contributed by atoms with Crippen molar-refractivity contribution in [3.8, 4) is 11.5 Å². The summed E-state index contributed by atoms with van der Waals surface area (Å²) < 4.78 is 12.6. The van der Waals surface area contributed by atoms with Gasteiger partial charge in [0.2, 0.25) is 0 Å². The Balaban J connectivity index is 2.50. The molecule has 0 radical (unpaired) electrons. The fraction of sp³-hybridized carbons (Fsp3) is 0.455. The molecule has 0 unspecified atom stereocenters. The molecular weight excluding hydrogens is 423 g/mol. The number of halogens is 1. The van der Waals surface area contributed by atoms with E-state index in [4.69, 9.17) is 9.47 Å². The van der Waals surface area contributed by atoms with Crippen molar-refractivity contribution in [2.45, 2.75) is 47.5 Å². The molecule has 0 aliphatic rings.